The van der Waals surface area contributed by atoms with Crippen LogP contribution < -0.4 is 20.5 Å². The summed E-state index contributed by atoms with van der Waals surface area (Å²) >= 11 is 0. The number of piperazine rings is 1. The van der Waals surface area contributed by atoms with E-state index in [-0.39, 0.29) is 11.9 Å². The van der Waals surface area contributed by atoms with Gasteiger partial charge in [-0.15, -0.1) is 0 Å². The molecule has 1 aliphatic heterocycles. The number of nitrogens with one attached hydrogen (secondary N) is 2. The third kappa shape index (κ3) is 4.24. The van der Waals surface area contributed by atoms with Crippen LogP contribution in [0.3, 0.4) is 0 Å². The number of hydrogen-bond acceptors (Lipinski definition) is 4. The van der Waals surface area contributed by atoms with Gasteiger partial charge in [-0.25, -0.2) is 10.2 Å². The Labute approximate surface area is 152 Å². The lowest BCUT2D eigenvalue weighted by Gasteiger charge is -2.36. The number of carbonyl (C=O) groups is 2. The van der Waals surface area contributed by atoms with E-state index in [1.165, 1.54) is 0 Å². The van der Waals surface area contributed by atoms with Gasteiger partial charge in [0.15, 0.2) is 0 Å². The molecule has 2 aromatic carbocycles. The third-order valence-electron chi connectivity index (χ3n) is 4.32. The number of rotatable bonds is 3. The van der Waals surface area contributed by atoms with Crippen LogP contribution in [0, 0.1) is 0 Å². The zero-order valence-corrected chi connectivity index (χ0v) is 14.6. The van der Waals surface area contributed by atoms with E-state index in [2.05, 4.69) is 15.8 Å². The molecule has 26 heavy (non-hydrogen) atoms. The first kappa shape index (κ1) is 17.6. The van der Waals surface area contributed by atoms with E-state index in [1.54, 1.807) is 36.3 Å². The monoisotopic (exact) mass is 354 g/mol. The molecule has 0 saturated carbocycles. The highest BCUT2D eigenvalue weighted by Gasteiger charge is 2.21. The molecule has 136 valence electrons. The van der Waals surface area contributed by atoms with Gasteiger partial charge < -0.3 is 14.5 Å². The van der Waals surface area contributed by atoms with Gasteiger partial charge >= 0.3 is 6.03 Å². The quantitative estimate of drug-likeness (QED) is 0.826. The van der Waals surface area contributed by atoms with E-state index in [4.69, 9.17) is 4.74 Å². The van der Waals surface area contributed by atoms with E-state index < -0.39 is 0 Å². The molecular formula is C19H22N4O3. The van der Waals surface area contributed by atoms with E-state index in [0.717, 1.165) is 24.5 Å². The molecule has 1 saturated heterocycles. The number of amides is 3. The number of hydrazine groups is 1. The Balaban J connectivity index is 1.46. The largest absolute Gasteiger partial charge is 0.497 e. The minimum absolute atomic E-state index is 0.302. The summed E-state index contributed by atoms with van der Waals surface area (Å²) in [5.41, 5.74) is 6.51. The van der Waals surface area contributed by atoms with Gasteiger partial charge in [0.2, 0.25) is 0 Å². The number of anilines is 1. The average Bonchev–Trinajstić information content (AvgIpc) is 2.72. The number of nitrogens with zero attached hydrogens (tertiary/aromatic N) is 2. The smallest absolute Gasteiger partial charge is 0.336 e. The molecule has 3 amide bonds. The van der Waals surface area contributed by atoms with Gasteiger partial charge in [-0.05, 0) is 36.4 Å². The minimum Gasteiger partial charge on any atom is -0.497 e. The van der Waals surface area contributed by atoms with Crippen molar-refractivity contribution in [2.45, 2.75) is 0 Å². The fraction of sp³-hybridized carbons (Fsp3) is 0.263. The molecule has 0 aliphatic carbocycles. The van der Waals surface area contributed by atoms with E-state index in [0.29, 0.717) is 18.7 Å². The summed E-state index contributed by atoms with van der Waals surface area (Å²) in [5, 5.41) is 0. The Morgan fingerprint density at radius 2 is 1.54 bits per heavy atom. The van der Waals surface area contributed by atoms with Crippen LogP contribution in [0.2, 0.25) is 0 Å². The Kier molecular flexibility index (Phi) is 5.58. The van der Waals surface area contributed by atoms with Crippen molar-refractivity contribution in [2.75, 3.05) is 38.2 Å². The molecule has 7 heteroatoms. The average molecular weight is 354 g/mol. The molecule has 1 fully saturated rings. The third-order valence-corrected chi connectivity index (χ3v) is 4.32. The predicted octanol–water partition coefficient (Wildman–Crippen LogP) is 1.87. The van der Waals surface area contributed by atoms with E-state index in [1.807, 2.05) is 30.3 Å². The summed E-state index contributed by atoms with van der Waals surface area (Å²) < 4.78 is 5.17. The highest BCUT2D eigenvalue weighted by atomic mass is 16.5. The Morgan fingerprint density at radius 3 is 2.15 bits per heavy atom. The summed E-state index contributed by atoms with van der Waals surface area (Å²) in [5.74, 6) is 0.483. The first-order valence-corrected chi connectivity index (χ1v) is 8.46. The van der Waals surface area contributed by atoms with Crippen LogP contribution in [-0.2, 0) is 0 Å². The number of methoxy groups -OCH3 is 1. The second-order valence-corrected chi connectivity index (χ2v) is 5.92. The van der Waals surface area contributed by atoms with Crippen LogP contribution in [-0.4, -0.2) is 50.1 Å². The first-order valence-electron chi connectivity index (χ1n) is 8.46. The minimum atomic E-state index is -0.337. The van der Waals surface area contributed by atoms with Crippen LogP contribution in [0.1, 0.15) is 10.4 Å². The first-order chi connectivity index (χ1) is 12.7. The van der Waals surface area contributed by atoms with Crippen molar-refractivity contribution in [1.29, 1.82) is 0 Å². The van der Waals surface area contributed by atoms with Crippen LogP contribution >= 0.6 is 0 Å². The van der Waals surface area contributed by atoms with Crippen LogP contribution in [0.5, 0.6) is 5.75 Å². The maximum atomic E-state index is 12.2. The van der Waals surface area contributed by atoms with E-state index in [9.17, 15) is 9.59 Å². The van der Waals surface area contributed by atoms with Crippen molar-refractivity contribution in [3.05, 3.63) is 60.2 Å². The molecule has 0 unspecified atom stereocenters. The second-order valence-electron chi connectivity index (χ2n) is 5.92. The standard InChI is InChI=1S/C19H22N4O3/c1-26-17-9-7-16(8-10-17)22-11-13-23(14-12-22)19(25)21-20-18(24)15-5-3-2-4-6-15/h2-10H,11-14H2,1H3,(H,20,24)(H,21,25). The van der Waals surface area contributed by atoms with Crippen LogP contribution in [0.4, 0.5) is 10.5 Å². The number of benzene rings is 2. The van der Waals surface area contributed by atoms with Crippen molar-refractivity contribution < 1.29 is 14.3 Å². The van der Waals surface area contributed by atoms with Crippen molar-refractivity contribution >= 4 is 17.6 Å². The number of hydrogen-bond donors (Lipinski definition) is 2. The van der Waals surface area contributed by atoms with Gasteiger partial charge in [0.1, 0.15) is 5.75 Å². The number of urea groups is 1. The summed E-state index contributed by atoms with van der Waals surface area (Å²) in [6, 6.07) is 16.3. The molecule has 0 aromatic heterocycles. The zero-order chi connectivity index (χ0) is 18.4. The molecule has 0 bridgehead atoms. The van der Waals surface area contributed by atoms with Crippen molar-refractivity contribution in [1.82, 2.24) is 15.8 Å². The SMILES string of the molecule is COc1ccc(N2CCN(C(=O)NNC(=O)c3ccccc3)CC2)cc1. The molecule has 7 nitrogen and oxygen atoms in total. The van der Waals surface area contributed by atoms with Gasteiger partial charge in [-0.2, -0.15) is 0 Å². The fourth-order valence-corrected chi connectivity index (χ4v) is 2.81. The molecule has 2 N–H and O–H groups in total. The predicted molar refractivity (Wildman–Crippen MR) is 99.2 cm³/mol. The van der Waals surface area contributed by atoms with Gasteiger partial charge in [0.05, 0.1) is 7.11 Å². The highest BCUT2D eigenvalue weighted by Crippen LogP contribution is 2.20. The van der Waals surface area contributed by atoms with E-state index >= 15 is 0 Å². The molecule has 0 atom stereocenters. The topological polar surface area (TPSA) is 73.9 Å². The summed E-state index contributed by atoms with van der Waals surface area (Å²) in [6.45, 7) is 2.62. The Hall–Kier alpha value is -3.22. The molecule has 0 spiro atoms. The number of carbonyl (C=O) groups excluding carboxylic acids is 2. The maximum absolute atomic E-state index is 12.2. The lowest BCUT2D eigenvalue weighted by atomic mass is 10.2. The van der Waals surface area contributed by atoms with Gasteiger partial charge in [0, 0.05) is 37.4 Å². The van der Waals surface area contributed by atoms with Gasteiger partial charge in [-0.1, -0.05) is 18.2 Å². The van der Waals surface area contributed by atoms with Gasteiger partial charge in [0.25, 0.3) is 5.91 Å². The van der Waals surface area contributed by atoms with Crippen molar-refractivity contribution in [3.8, 4) is 5.75 Å². The molecule has 1 aliphatic rings. The maximum Gasteiger partial charge on any atom is 0.336 e. The highest BCUT2D eigenvalue weighted by molar-refractivity contribution is 5.95. The van der Waals surface area contributed by atoms with Crippen LogP contribution in [0.25, 0.3) is 0 Å². The van der Waals surface area contributed by atoms with Crippen LogP contribution in [0.15, 0.2) is 54.6 Å². The molecule has 3 rings (SSSR count). The zero-order valence-electron chi connectivity index (χ0n) is 14.6. The lowest BCUT2D eigenvalue weighted by Crippen LogP contribution is -2.55. The molecule has 0 radical (unpaired) electrons. The normalized spacial score (nSPS) is 13.9. The number of ether oxygens (including phenoxy) is 1. The van der Waals surface area contributed by atoms with Gasteiger partial charge in [-0.3, -0.25) is 10.2 Å². The summed E-state index contributed by atoms with van der Waals surface area (Å²) in [6.07, 6.45) is 0. The fourth-order valence-electron chi connectivity index (χ4n) is 2.81. The second kappa shape index (κ2) is 8.24. The Morgan fingerprint density at radius 1 is 0.885 bits per heavy atom. The summed E-state index contributed by atoms with van der Waals surface area (Å²) in [4.78, 5) is 28.1. The lowest BCUT2D eigenvalue weighted by molar-refractivity contribution is 0.0929. The Bertz CT molecular complexity index is 741. The molecular weight excluding hydrogens is 332 g/mol. The van der Waals surface area contributed by atoms with Crippen molar-refractivity contribution in [2.24, 2.45) is 0 Å². The molecule has 2 aromatic rings. The summed E-state index contributed by atoms with van der Waals surface area (Å²) in [7, 11) is 1.64. The van der Waals surface area contributed by atoms with Crippen molar-refractivity contribution in [3.63, 3.8) is 0 Å². The molecule has 1 heterocycles.